The lowest BCUT2D eigenvalue weighted by Gasteiger charge is -2.24. The molecule has 1 aliphatic carbocycles. The Hall–Kier alpha value is -6.84. The summed E-state index contributed by atoms with van der Waals surface area (Å²) < 4.78 is 0. The van der Waals surface area contributed by atoms with E-state index >= 15 is 0 Å². The summed E-state index contributed by atoms with van der Waals surface area (Å²) in [6.45, 7) is 4.67. The van der Waals surface area contributed by atoms with Gasteiger partial charge in [0.15, 0.2) is 0 Å². The summed E-state index contributed by atoms with van der Waals surface area (Å²) in [4.78, 5) is 10.7. The van der Waals surface area contributed by atoms with Gasteiger partial charge in [0.1, 0.15) is 5.84 Å². The number of nitrogens with one attached hydrogen (secondary N) is 1. The van der Waals surface area contributed by atoms with Crippen molar-refractivity contribution in [2.24, 2.45) is 4.99 Å². The molecule has 3 heteroatoms. The van der Waals surface area contributed by atoms with Crippen LogP contribution in [0.3, 0.4) is 0 Å². The van der Waals surface area contributed by atoms with Crippen molar-refractivity contribution < 1.29 is 0 Å². The van der Waals surface area contributed by atoms with Crippen LogP contribution in [0.15, 0.2) is 193 Å². The molecule has 0 radical (unpaired) electrons. The number of hydrogen-bond donors (Lipinski definition) is 1. The van der Waals surface area contributed by atoms with Gasteiger partial charge < -0.3 is 5.32 Å². The van der Waals surface area contributed by atoms with Gasteiger partial charge in [-0.1, -0.05) is 166 Å². The Labute approximate surface area is 322 Å². The van der Waals surface area contributed by atoms with Crippen molar-refractivity contribution in [1.29, 1.82) is 0 Å². The van der Waals surface area contributed by atoms with Crippen LogP contribution in [0.5, 0.6) is 0 Å². The third-order valence-corrected chi connectivity index (χ3v) is 11.3. The van der Waals surface area contributed by atoms with Gasteiger partial charge in [0.2, 0.25) is 0 Å². The lowest BCUT2D eigenvalue weighted by molar-refractivity contribution is 0.661. The van der Waals surface area contributed by atoms with Gasteiger partial charge in [0.05, 0.1) is 22.9 Å². The van der Waals surface area contributed by atoms with Crippen LogP contribution in [-0.4, -0.2) is 10.8 Å². The first-order chi connectivity index (χ1) is 27.0. The number of nitrogens with zero attached hydrogens (tertiary/aromatic N) is 2. The fourth-order valence-corrected chi connectivity index (χ4v) is 8.42. The lowest BCUT2D eigenvalue weighted by Crippen LogP contribution is -2.31. The standard InChI is InChI=1S/C52H39N3/c1-52(2)45-27-13-12-26-41(45)43-30-44-42(38-23-14-22-37(28-38)34-16-6-3-7-17-34)31-47(53-50(44)32-46(43)52)39-24-15-25-40(29-39)51-54-48(35-18-8-4-9-19-35)33-49(55-51)36-20-10-5-11-21-36/h3-33,48H,1-2H3,(H,54,55). The van der Waals surface area contributed by atoms with Crippen molar-refractivity contribution in [3.63, 3.8) is 0 Å². The molecule has 2 aliphatic rings. The van der Waals surface area contributed by atoms with Crippen molar-refractivity contribution >= 4 is 22.4 Å². The first-order valence-electron chi connectivity index (χ1n) is 19.0. The smallest absolute Gasteiger partial charge is 0.134 e. The Morgan fingerprint density at radius 2 is 1.09 bits per heavy atom. The third kappa shape index (κ3) is 5.86. The molecule has 8 aromatic rings. The molecule has 55 heavy (non-hydrogen) atoms. The summed E-state index contributed by atoms with van der Waals surface area (Å²) in [5, 5.41) is 4.90. The van der Waals surface area contributed by atoms with Crippen LogP contribution in [0.25, 0.3) is 61.2 Å². The Morgan fingerprint density at radius 3 is 1.87 bits per heavy atom. The van der Waals surface area contributed by atoms with E-state index in [1.165, 1.54) is 50.1 Å². The fraction of sp³-hybridized carbons (Fsp3) is 0.0769. The molecule has 10 rings (SSSR count). The molecular formula is C52H39N3. The molecule has 1 unspecified atom stereocenters. The maximum Gasteiger partial charge on any atom is 0.134 e. The molecule has 7 aromatic carbocycles. The van der Waals surface area contributed by atoms with Gasteiger partial charge in [0, 0.05) is 21.9 Å². The van der Waals surface area contributed by atoms with Crippen LogP contribution in [0.1, 0.15) is 47.7 Å². The van der Waals surface area contributed by atoms with E-state index in [2.05, 4.69) is 201 Å². The Balaban J connectivity index is 1.14. The normalized spacial score (nSPS) is 15.4. The summed E-state index contributed by atoms with van der Waals surface area (Å²) >= 11 is 0. The van der Waals surface area contributed by atoms with Crippen molar-refractivity contribution in [2.45, 2.75) is 25.3 Å². The van der Waals surface area contributed by atoms with E-state index in [0.29, 0.717) is 0 Å². The van der Waals surface area contributed by atoms with Crippen LogP contribution in [0.2, 0.25) is 0 Å². The first kappa shape index (κ1) is 32.8. The molecule has 262 valence electrons. The molecule has 1 N–H and O–H groups in total. The highest BCUT2D eigenvalue weighted by atomic mass is 15.0. The van der Waals surface area contributed by atoms with Crippen LogP contribution in [0.4, 0.5) is 0 Å². The zero-order chi connectivity index (χ0) is 36.9. The number of pyridine rings is 1. The number of fused-ring (bicyclic) bond motifs is 4. The van der Waals surface area contributed by atoms with Gasteiger partial charge in [0.25, 0.3) is 0 Å². The molecule has 1 atom stereocenters. The Bertz CT molecular complexity index is 2800. The van der Waals surface area contributed by atoms with E-state index in [1.54, 1.807) is 0 Å². The van der Waals surface area contributed by atoms with Crippen molar-refractivity contribution in [3.05, 3.63) is 216 Å². The number of aromatic nitrogens is 1. The Morgan fingerprint density at radius 1 is 0.473 bits per heavy atom. The highest BCUT2D eigenvalue weighted by Gasteiger charge is 2.36. The van der Waals surface area contributed by atoms with Gasteiger partial charge in [-0.25, -0.2) is 9.98 Å². The topological polar surface area (TPSA) is 37.3 Å². The molecule has 1 aromatic heterocycles. The summed E-state index contributed by atoms with van der Waals surface area (Å²) in [5.41, 5.74) is 17.1. The van der Waals surface area contributed by atoms with Crippen molar-refractivity contribution in [1.82, 2.24) is 10.3 Å². The first-order valence-corrected chi connectivity index (χ1v) is 19.0. The highest BCUT2D eigenvalue weighted by molar-refractivity contribution is 6.05. The fourth-order valence-electron chi connectivity index (χ4n) is 8.42. The van der Waals surface area contributed by atoms with Gasteiger partial charge >= 0.3 is 0 Å². The van der Waals surface area contributed by atoms with Gasteiger partial charge in [-0.3, -0.25) is 0 Å². The zero-order valence-electron chi connectivity index (χ0n) is 30.9. The minimum atomic E-state index is -0.130. The molecule has 0 saturated carbocycles. The third-order valence-electron chi connectivity index (χ3n) is 11.3. The van der Waals surface area contributed by atoms with E-state index in [4.69, 9.17) is 9.98 Å². The largest absolute Gasteiger partial charge is 0.359 e. The lowest BCUT2D eigenvalue weighted by atomic mass is 9.82. The maximum absolute atomic E-state index is 5.46. The minimum Gasteiger partial charge on any atom is -0.359 e. The minimum absolute atomic E-state index is 0.0237. The number of benzene rings is 7. The van der Waals surface area contributed by atoms with E-state index in [0.717, 1.165) is 44.8 Å². The maximum atomic E-state index is 5.46. The average Bonchev–Trinajstić information content (AvgIpc) is 3.48. The SMILES string of the molecule is CC1(C)c2ccccc2-c2cc3c(-c4cccc(-c5ccccc5)c4)cc(-c4cccc(C5=NC(c6ccccc6)=CC(c6ccccc6)N5)c4)nc3cc21. The second-order valence-electron chi connectivity index (χ2n) is 15.1. The molecule has 2 heterocycles. The predicted molar refractivity (Wildman–Crippen MR) is 229 cm³/mol. The van der Waals surface area contributed by atoms with Gasteiger partial charge in [-0.2, -0.15) is 0 Å². The van der Waals surface area contributed by atoms with E-state index in [9.17, 15) is 0 Å². The number of amidine groups is 1. The molecule has 1 aliphatic heterocycles. The predicted octanol–water partition coefficient (Wildman–Crippen LogP) is 12.7. The van der Waals surface area contributed by atoms with Crippen molar-refractivity contribution in [2.75, 3.05) is 0 Å². The molecule has 3 nitrogen and oxygen atoms in total. The second-order valence-corrected chi connectivity index (χ2v) is 15.1. The molecule has 0 spiro atoms. The average molecular weight is 706 g/mol. The monoisotopic (exact) mass is 705 g/mol. The van der Waals surface area contributed by atoms with E-state index < -0.39 is 0 Å². The zero-order valence-corrected chi connectivity index (χ0v) is 30.9. The summed E-state index contributed by atoms with van der Waals surface area (Å²) in [7, 11) is 0. The number of aliphatic imine (C=N–C) groups is 1. The van der Waals surface area contributed by atoms with Gasteiger partial charge in [-0.05, 0) is 92.0 Å². The van der Waals surface area contributed by atoms with E-state index in [1.807, 2.05) is 6.07 Å². The highest BCUT2D eigenvalue weighted by Crippen LogP contribution is 2.50. The van der Waals surface area contributed by atoms with Crippen LogP contribution in [0, 0.1) is 0 Å². The number of rotatable bonds is 6. The molecule has 0 amide bonds. The molecule has 0 fully saturated rings. The molecular weight excluding hydrogens is 667 g/mol. The summed E-state index contributed by atoms with van der Waals surface area (Å²) in [6, 6.07) is 65.0. The Kier molecular flexibility index (Phi) is 7.88. The molecule has 0 saturated heterocycles. The van der Waals surface area contributed by atoms with Crippen LogP contribution in [-0.2, 0) is 5.41 Å². The quantitative estimate of drug-likeness (QED) is 0.187. The second kappa shape index (κ2) is 13.2. The van der Waals surface area contributed by atoms with Crippen LogP contribution < -0.4 is 5.32 Å². The molecule has 0 bridgehead atoms. The van der Waals surface area contributed by atoms with E-state index in [-0.39, 0.29) is 11.5 Å². The summed E-state index contributed by atoms with van der Waals surface area (Å²) in [5.74, 6) is 0.839. The summed E-state index contributed by atoms with van der Waals surface area (Å²) in [6.07, 6.45) is 2.22. The van der Waals surface area contributed by atoms with Crippen molar-refractivity contribution in [3.8, 4) is 44.6 Å². The number of hydrogen-bond acceptors (Lipinski definition) is 3. The van der Waals surface area contributed by atoms with Gasteiger partial charge in [-0.15, -0.1) is 0 Å². The van der Waals surface area contributed by atoms with Crippen LogP contribution >= 0.6 is 0 Å².